The number of ether oxygens (including phenoxy) is 1. The van der Waals surface area contributed by atoms with E-state index in [4.69, 9.17) is 16.3 Å². The molecule has 3 aromatic rings. The molecule has 1 atom stereocenters. The molecule has 0 spiro atoms. The summed E-state index contributed by atoms with van der Waals surface area (Å²) in [4.78, 5) is 19.2. The first-order valence-corrected chi connectivity index (χ1v) is 11.1. The summed E-state index contributed by atoms with van der Waals surface area (Å²) >= 11 is 5.91. The fourth-order valence-electron chi connectivity index (χ4n) is 3.98. The zero-order chi connectivity index (χ0) is 24.2. The zero-order valence-corrected chi connectivity index (χ0v) is 19.5. The van der Waals surface area contributed by atoms with Crippen LogP contribution in [0.2, 0.25) is 5.02 Å². The number of amides is 1. The molecule has 7 nitrogen and oxygen atoms in total. The maximum Gasteiger partial charge on any atom is 0.248 e. The summed E-state index contributed by atoms with van der Waals surface area (Å²) in [6, 6.07) is 9.92. The Morgan fingerprint density at radius 1 is 1.38 bits per heavy atom. The highest BCUT2D eigenvalue weighted by Crippen LogP contribution is 2.36. The van der Waals surface area contributed by atoms with E-state index >= 15 is 0 Å². The molecule has 1 amide bonds. The number of benzene rings is 2. The van der Waals surface area contributed by atoms with Gasteiger partial charge in [0.25, 0.3) is 0 Å². The Morgan fingerprint density at radius 2 is 2.21 bits per heavy atom. The number of pyridine rings is 1. The number of fused-ring (bicyclic) bond motifs is 1. The molecule has 34 heavy (non-hydrogen) atoms. The monoisotopic (exact) mass is 479 g/mol. The molecule has 1 unspecified atom stereocenters. The van der Waals surface area contributed by atoms with Crippen LogP contribution in [0.25, 0.3) is 10.9 Å². The molecule has 1 aromatic heterocycles. The standard InChI is InChI=1S/C25H23ClFN5O2/c1-32-9-3-4-17(32)6-8-24(33)31-22-11-18-21(12-23(22)34-2)29-14-15(13-28)25(18)30-16-5-7-20(27)19(26)10-16/h5-8,10-12,14,17H,3-4,9H2,1-2H3,(H,29,30)(H,31,33)/b8-6+. The lowest BCUT2D eigenvalue weighted by molar-refractivity contribution is -0.111. The number of hydrogen-bond acceptors (Lipinski definition) is 6. The number of nitriles is 1. The molecule has 2 aromatic carbocycles. The molecule has 4 rings (SSSR count). The van der Waals surface area contributed by atoms with Crippen molar-refractivity contribution in [2.75, 3.05) is 31.3 Å². The third-order valence-corrected chi connectivity index (χ3v) is 6.09. The maximum atomic E-state index is 13.6. The first-order chi connectivity index (χ1) is 16.4. The van der Waals surface area contributed by atoms with Gasteiger partial charge < -0.3 is 15.4 Å². The third kappa shape index (κ3) is 4.96. The summed E-state index contributed by atoms with van der Waals surface area (Å²) in [5.41, 5.74) is 2.21. The Hall–Kier alpha value is -3.67. The highest BCUT2D eigenvalue weighted by molar-refractivity contribution is 6.31. The second-order valence-corrected chi connectivity index (χ2v) is 8.43. The van der Waals surface area contributed by atoms with Gasteiger partial charge in [-0.25, -0.2) is 4.39 Å². The predicted octanol–water partition coefficient (Wildman–Crippen LogP) is 5.24. The van der Waals surface area contributed by atoms with Gasteiger partial charge in [0.15, 0.2) is 0 Å². The number of nitrogens with one attached hydrogen (secondary N) is 2. The Balaban J connectivity index is 1.70. The van der Waals surface area contributed by atoms with Gasteiger partial charge in [0, 0.05) is 35.5 Å². The molecule has 9 heteroatoms. The highest BCUT2D eigenvalue weighted by atomic mass is 35.5. The number of halogens is 2. The minimum atomic E-state index is -0.543. The van der Waals surface area contributed by atoms with Gasteiger partial charge in [0.05, 0.1) is 34.6 Å². The smallest absolute Gasteiger partial charge is 0.248 e. The second-order valence-electron chi connectivity index (χ2n) is 8.02. The van der Waals surface area contributed by atoms with Crippen LogP contribution in [0.1, 0.15) is 18.4 Å². The Kier molecular flexibility index (Phi) is 6.96. The topological polar surface area (TPSA) is 90.3 Å². The van der Waals surface area contributed by atoms with Crippen molar-refractivity contribution in [3.8, 4) is 11.8 Å². The van der Waals surface area contributed by atoms with E-state index in [2.05, 4.69) is 26.6 Å². The maximum absolute atomic E-state index is 13.6. The summed E-state index contributed by atoms with van der Waals surface area (Å²) in [6.45, 7) is 1.01. The van der Waals surface area contributed by atoms with Crippen LogP contribution in [0.4, 0.5) is 21.5 Å². The fraction of sp³-hybridized carbons (Fsp3) is 0.240. The van der Waals surface area contributed by atoms with Crippen molar-refractivity contribution in [1.82, 2.24) is 9.88 Å². The van der Waals surface area contributed by atoms with Gasteiger partial charge in [-0.3, -0.25) is 14.7 Å². The molecule has 1 saturated heterocycles. The zero-order valence-electron chi connectivity index (χ0n) is 18.7. The van der Waals surface area contributed by atoms with E-state index in [0.717, 1.165) is 19.4 Å². The molecule has 0 bridgehead atoms. The summed E-state index contributed by atoms with van der Waals surface area (Å²) < 4.78 is 19.1. The van der Waals surface area contributed by atoms with Crippen molar-refractivity contribution in [2.45, 2.75) is 18.9 Å². The number of nitrogens with zero attached hydrogens (tertiary/aromatic N) is 3. The van der Waals surface area contributed by atoms with Gasteiger partial charge in [-0.15, -0.1) is 0 Å². The van der Waals surface area contributed by atoms with Crippen LogP contribution in [0.15, 0.2) is 48.7 Å². The van der Waals surface area contributed by atoms with Gasteiger partial charge in [-0.1, -0.05) is 17.7 Å². The number of likely N-dealkylation sites (N-methyl/N-ethyl adjacent to an activating group) is 1. The minimum absolute atomic E-state index is 0.0452. The summed E-state index contributed by atoms with van der Waals surface area (Å²) in [6.07, 6.45) is 6.99. The number of likely N-dealkylation sites (tertiary alicyclic amines) is 1. The van der Waals surface area contributed by atoms with E-state index in [1.54, 1.807) is 12.1 Å². The van der Waals surface area contributed by atoms with Crippen LogP contribution in [0, 0.1) is 17.1 Å². The molecular weight excluding hydrogens is 457 g/mol. The van der Waals surface area contributed by atoms with E-state index in [9.17, 15) is 14.4 Å². The lowest BCUT2D eigenvalue weighted by atomic mass is 10.1. The quantitative estimate of drug-likeness (QED) is 0.470. The van der Waals surface area contributed by atoms with Gasteiger partial charge in [-0.05, 0) is 50.7 Å². The Bertz CT molecular complexity index is 1320. The molecule has 0 radical (unpaired) electrons. The molecule has 0 saturated carbocycles. The summed E-state index contributed by atoms with van der Waals surface area (Å²) in [5.74, 6) is -0.402. The van der Waals surface area contributed by atoms with Gasteiger partial charge in [-0.2, -0.15) is 5.26 Å². The molecular formula is C25H23ClFN5O2. The van der Waals surface area contributed by atoms with Crippen LogP contribution in [0.3, 0.4) is 0 Å². The molecule has 1 aliphatic heterocycles. The SMILES string of the molecule is COc1cc2ncc(C#N)c(Nc3ccc(F)c(Cl)c3)c2cc1NC(=O)/C=C/C1CCCN1C. The van der Waals surface area contributed by atoms with Crippen molar-refractivity contribution >= 4 is 45.5 Å². The fourth-order valence-corrected chi connectivity index (χ4v) is 4.16. The van der Waals surface area contributed by atoms with E-state index < -0.39 is 5.82 Å². The second kappa shape index (κ2) is 10.1. The third-order valence-electron chi connectivity index (χ3n) is 5.80. The molecule has 1 fully saturated rings. The average Bonchev–Trinajstić information content (AvgIpc) is 3.24. The normalized spacial score (nSPS) is 16.0. The average molecular weight is 480 g/mol. The number of carbonyl (C=O) groups is 1. The van der Waals surface area contributed by atoms with E-state index in [1.807, 2.05) is 13.1 Å². The molecule has 0 aliphatic carbocycles. The Labute approximate surface area is 201 Å². The number of aromatic nitrogens is 1. The predicted molar refractivity (Wildman–Crippen MR) is 131 cm³/mol. The van der Waals surface area contributed by atoms with Crippen molar-refractivity contribution in [1.29, 1.82) is 5.26 Å². The van der Waals surface area contributed by atoms with Crippen LogP contribution in [-0.2, 0) is 4.79 Å². The van der Waals surface area contributed by atoms with Crippen molar-refractivity contribution in [2.24, 2.45) is 0 Å². The number of carbonyl (C=O) groups excluding carboxylic acids is 1. The summed E-state index contributed by atoms with van der Waals surface area (Å²) in [7, 11) is 3.54. The molecule has 2 heterocycles. The van der Waals surface area contributed by atoms with E-state index in [1.165, 1.54) is 37.6 Å². The van der Waals surface area contributed by atoms with Crippen LogP contribution in [-0.4, -0.2) is 42.5 Å². The van der Waals surface area contributed by atoms with Gasteiger partial charge in [0.2, 0.25) is 5.91 Å². The minimum Gasteiger partial charge on any atom is -0.494 e. The van der Waals surface area contributed by atoms with Gasteiger partial charge >= 0.3 is 0 Å². The lowest BCUT2D eigenvalue weighted by Crippen LogP contribution is -2.23. The largest absolute Gasteiger partial charge is 0.494 e. The van der Waals surface area contributed by atoms with Crippen molar-refractivity contribution < 1.29 is 13.9 Å². The van der Waals surface area contributed by atoms with Crippen LogP contribution < -0.4 is 15.4 Å². The Morgan fingerprint density at radius 3 is 2.88 bits per heavy atom. The molecule has 1 aliphatic rings. The number of anilines is 3. The van der Waals surface area contributed by atoms with Crippen LogP contribution >= 0.6 is 11.6 Å². The molecule has 174 valence electrons. The lowest BCUT2D eigenvalue weighted by Gasteiger charge is -2.16. The number of methoxy groups -OCH3 is 1. The van der Waals surface area contributed by atoms with E-state index in [0.29, 0.717) is 33.7 Å². The van der Waals surface area contributed by atoms with Crippen molar-refractivity contribution in [3.05, 3.63) is 65.1 Å². The van der Waals surface area contributed by atoms with E-state index in [-0.39, 0.29) is 22.5 Å². The number of rotatable bonds is 6. The van der Waals surface area contributed by atoms with Gasteiger partial charge in [0.1, 0.15) is 17.6 Å². The first kappa shape index (κ1) is 23.5. The summed E-state index contributed by atoms with van der Waals surface area (Å²) in [5, 5.41) is 16.2. The first-order valence-electron chi connectivity index (χ1n) is 10.7. The number of hydrogen-bond donors (Lipinski definition) is 2. The molecule has 2 N–H and O–H groups in total. The van der Waals surface area contributed by atoms with Crippen molar-refractivity contribution in [3.63, 3.8) is 0 Å². The highest BCUT2D eigenvalue weighted by Gasteiger charge is 2.19. The van der Waals surface area contributed by atoms with Crippen LogP contribution in [0.5, 0.6) is 5.75 Å².